The molecule has 9 aliphatic heterocycles. The summed E-state index contributed by atoms with van der Waals surface area (Å²) in [4.78, 5) is 73.7. The predicted octanol–water partition coefficient (Wildman–Crippen LogP) is 12.8. The van der Waals surface area contributed by atoms with Gasteiger partial charge in [-0.1, -0.05) is 115 Å². The van der Waals surface area contributed by atoms with Crippen molar-refractivity contribution in [2.24, 2.45) is 5.92 Å². The summed E-state index contributed by atoms with van der Waals surface area (Å²) in [7, 11) is 11.3. The van der Waals surface area contributed by atoms with Crippen LogP contribution in [0.3, 0.4) is 0 Å². The zero-order chi connectivity index (χ0) is 80.8. The molecular weight excluding hydrogens is 1640 g/mol. The first-order chi connectivity index (χ1) is 54.7. The monoisotopic (exact) mass is 1740 g/mol. The molecule has 8 bridgehead atoms. The number of nitrogens with zero attached hydrogens (tertiary/aromatic N) is 4. The summed E-state index contributed by atoms with van der Waals surface area (Å²) in [5.74, 6) is -3.45. The molecule has 116 heavy (non-hydrogen) atoms. The van der Waals surface area contributed by atoms with Crippen LogP contribution >= 0.6 is 11.6 Å². The van der Waals surface area contributed by atoms with Crippen molar-refractivity contribution in [1.82, 2.24) is 9.80 Å². The number of hydrogen-bond acceptors (Lipinski definition) is 12. The highest BCUT2D eigenvalue weighted by Crippen LogP contribution is 2.44. The van der Waals surface area contributed by atoms with Gasteiger partial charge in [0.1, 0.15) is 47.7 Å². The number of fused-ring (bicyclic) bond motifs is 9. The van der Waals surface area contributed by atoms with Crippen molar-refractivity contribution in [2.45, 2.75) is 151 Å². The van der Waals surface area contributed by atoms with Crippen LogP contribution in [-0.2, 0) is 28.5 Å². The van der Waals surface area contributed by atoms with Gasteiger partial charge in [0.05, 0.1) is 75.1 Å². The number of halogens is 7. The number of anilines is 4. The second-order valence-corrected chi connectivity index (χ2v) is 32.0. The molecule has 20 nitrogen and oxygen atoms in total. The smallest absolute Gasteiger partial charge is 0.411 e. The normalized spacial score (nSPS) is 23.7. The molecule has 616 valence electrons. The Labute approximate surface area is 700 Å². The SMILES string of the molecule is CN1[C@@H]2CC[C@H]1CC(OC(=O)Nc1ccc(F)cc1-c1ccccc1)C2.C[N+]1(C)C2CCC1CC(OC(=O)Nc1ccc(F)cc1-c1cccc(Cl)c1)C2.C[N+]1(C)C2CCC1CC(OC(=O)Nc1ccc(F)cc1-c1ccccc1)C2.O=C(Nc1ccc(F)cc1-c1ccccc1)OC1CN2CCC1CC2.O=C(O)/C=C/C(=O)O.[Br-].[Br-]. The Morgan fingerprint density at radius 3 is 1.03 bits per heavy atom. The molecule has 0 aromatic heterocycles. The third-order valence-corrected chi connectivity index (χ3v) is 24.2. The number of quaternary nitrogens is 2. The summed E-state index contributed by atoms with van der Waals surface area (Å²) in [5, 5.41) is 27.4. The summed E-state index contributed by atoms with van der Waals surface area (Å²) in [6.07, 6.45) is 13.7. The molecule has 6 N–H and O–H groups in total. The van der Waals surface area contributed by atoms with E-state index in [4.69, 9.17) is 40.8 Å². The molecule has 17 rings (SSSR count). The van der Waals surface area contributed by atoms with Crippen LogP contribution in [0.1, 0.15) is 89.9 Å². The molecule has 9 aliphatic rings. The largest absolute Gasteiger partial charge is 1.00 e. The van der Waals surface area contributed by atoms with Gasteiger partial charge >= 0.3 is 36.3 Å². The van der Waals surface area contributed by atoms with Crippen molar-refractivity contribution >= 4 is 70.7 Å². The fraction of sp³-hybridized carbons (Fsp3) is 0.371. The van der Waals surface area contributed by atoms with Gasteiger partial charge < -0.3 is 77.0 Å². The zero-order valence-electron chi connectivity index (χ0n) is 65.3. The number of hydrogen-bond donors (Lipinski definition) is 6. The molecule has 4 amide bonds. The molecule has 9 heterocycles. The highest BCUT2D eigenvalue weighted by atomic mass is 79.9. The molecule has 0 aliphatic carbocycles. The van der Waals surface area contributed by atoms with Crippen molar-refractivity contribution in [1.29, 1.82) is 0 Å². The van der Waals surface area contributed by atoms with Crippen LogP contribution in [-0.4, -0.2) is 181 Å². The van der Waals surface area contributed by atoms with Crippen molar-refractivity contribution in [3.05, 3.63) is 229 Å². The number of carbonyl (C=O) groups excluding carboxylic acids is 4. The number of ether oxygens (including phenoxy) is 4. The molecule has 8 aromatic carbocycles. The van der Waals surface area contributed by atoms with Gasteiger partial charge in [0.25, 0.3) is 0 Å². The quantitative estimate of drug-likeness (QED) is 0.0257. The van der Waals surface area contributed by atoms with E-state index in [1.54, 1.807) is 42.5 Å². The maximum atomic E-state index is 13.8. The fourth-order valence-corrected chi connectivity index (χ4v) is 17.8. The lowest BCUT2D eigenvalue weighted by atomic mass is 9.86. The lowest BCUT2D eigenvalue weighted by Gasteiger charge is -2.43. The maximum Gasteiger partial charge on any atom is 0.411 e. The van der Waals surface area contributed by atoms with Gasteiger partial charge in [-0.05, 0) is 159 Å². The molecule has 8 atom stereocenters. The van der Waals surface area contributed by atoms with Crippen LogP contribution < -0.4 is 55.2 Å². The van der Waals surface area contributed by atoms with Gasteiger partial charge in [-0.15, -0.1) is 0 Å². The van der Waals surface area contributed by atoms with E-state index in [2.05, 4.69) is 66.3 Å². The van der Waals surface area contributed by atoms with Crippen LogP contribution in [0.4, 0.5) is 59.5 Å². The number of benzene rings is 8. The number of amides is 4. The van der Waals surface area contributed by atoms with Crippen LogP contribution in [0.2, 0.25) is 5.02 Å². The molecule has 27 heteroatoms. The van der Waals surface area contributed by atoms with Gasteiger partial charge in [-0.2, -0.15) is 0 Å². The minimum absolute atomic E-state index is 0. The minimum Gasteiger partial charge on any atom is -1.00 e. The molecule has 9 saturated heterocycles. The Hall–Kier alpha value is -9.67. The highest BCUT2D eigenvalue weighted by Gasteiger charge is 2.51. The van der Waals surface area contributed by atoms with Crippen molar-refractivity contribution < 1.29 is 118 Å². The Morgan fingerprint density at radius 1 is 0.405 bits per heavy atom. The molecule has 8 aromatic rings. The molecule has 9 fully saturated rings. The van der Waals surface area contributed by atoms with E-state index in [0.29, 0.717) is 104 Å². The second kappa shape index (κ2) is 40.5. The number of rotatable bonds is 14. The van der Waals surface area contributed by atoms with Gasteiger partial charge in [0.15, 0.2) is 0 Å². The minimum atomic E-state index is -1.26. The topological polar surface area (TPSA) is 234 Å². The third-order valence-electron chi connectivity index (χ3n) is 23.9. The first-order valence-corrected chi connectivity index (χ1v) is 39.3. The van der Waals surface area contributed by atoms with E-state index in [-0.39, 0.29) is 81.6 Å². The van der Waals surface area contributed by atoms with Crippen LogP contribution in [0.5, 0.6) is 0 Å². The lowest BCUT2D eigenvalue weighted by molar-refractivity contribution is -0.931. The lowest BCUT2D eigenvalue weighted by Crippen LogP contribution is -3.00. The van der Waals surface area contributed by atoms with Crippen molar-refractivity contribution in [3.63, 3.8) is 0 Å². The number of piperidine rings is 6. The average molecular weight is 1740 g/mol. The average Bonchev–Trinajstić information content (AvgIpc) is 1.62. The molecule has 0 spiro atoms. The highest BCUT2D eigenvalue weighted by molar-refractivity contribution is 6.30. The van der Waals surface area contributed by atoms with E-state index in [1.807, 2.05) is 97.1 Å². The van der Waals surface area contributed by atoms with Gasteiger partial charge in [-0.25, -0.2) is 46.3 Å². The first kappa shape index (κ1) is 88.7. The van der Waals surface area contributed by atoms with Gasteiger partial charge in [-0.3, -0.25) is 26.2 Å². The fourth-order valence-electron chi connectivity index (χ4n) is 17.6. The summed E-state index contributed by atoms with van der Waals surface area (Å²) in [5.41, 5.74) is 7.95. The number of carbonyl (C=O) groups is 6. The van der Waals surface area contributed by atoms with E-state index in [0.717, 1.165) is 102 Å². The molecule has 0 saturated carbocycles. The first-order valence-electron chi connectivity index (χ1n) is 38.9. The summed E-state index contributed by atoms with van der Waals surface area (Å²) >= 11 is 6.07. The number of nitrogens with one attached hydrogen (secondary N) is 4. The van der Waals surface area contributed by atoms with E-state index in [9.17, 15) is 46.3 Å². The molecular formula is C89H99Br2ClF4N8O12. The van der Waals surface area contributed by atoms with E-state index in [1.165, 1.54) is 87.1 Å². The Balaban J connectivity index is 0.000000157. The van der Waals surface area contributed by atoms with E-state index < -0.39 is 36.3 Å². The van der Waals surface area contributed by atoms with Gasteiger partial charge in [0, 0.05) is 122 Å². The van der Waals surface area contributed by atoms with Crippen LogP contribution in [0.15, 0.2) is 200 Å². The van der Waals surface area contributed by atoms with Crippen LogP contribution in [0.25, 0.3) is 44.5 Å². The third kappa shape index (κ3) is 23.4. The number of carboxylic acid groups (broad SMARTS) is 2. The predicted molar refractivity (Wildman–Crippen MR) is 432 cm³/mol. The summed E-state index contributed by atoms with van der Waals surface area (Å²) in [6.45, 7) is 3.01. The van der Waals surface area contributed by atoms with Crippen molar-refractivity contribution in [3.8, 4) is 44.5 Å². The van der Waals surface area contributed by atoms with Gasteiger partial charge in [0.2, 0.25) is 0 Å². The maximum absolute atomic E-state index is 13.8. The Morgan fingerprint density at radius 2 is 0.716 bits per heavy atom. The van der Waals surface area contributed by atoms with E-state index >= 15 is 0 Å². The zero-order valence-corrected chi connectivity index (χ0v) is 69.3. The Kier molecular flexibility index (Phi) is 30.9. The molecule has 0 radical (unpaired) electrons. The standard InChI is InChI=1S/C22H24ClFN2O2.C22H25FN2O2.C21H23FN2O2.C20H21FN2O2.C4H4O4.2BrH/c1-26(2)17-7-8-18(26)13-19(12-17)28-22(27)25-21-9-6-16(24)11-20(21)14-4-3-5-15(23)10-14;1-25(2)17-9-10-18(25)14-19(13-17)27-22(26)24-21-11-8-16(23)12-20(21)15-6-4-3-5-7-15;1-24-16-8-9-17(24)13-18(12-16)26-21(25)23-20-10-7-15(22)11-19(20)14-5-3-2-4-6-14;21-16-6-7-18(17(12-16)14-4-2-1-3-5-14)22-20(24)25-19-13-23-10-8-15(19)9-11-23;5-3(6)1-2-4(7)8;;/h3-6,9-11,17-19H,7-8,12-13H2,1-2H3;3-8,11-12,17-19H,9-10,13-14H2,1-2H3;2-7,10-11,16-18H,8-9,12-13H2,1H3,(H,23,25);1-7,12,15,19H,8-11,13H2,(H,22,24);1-2H,(H,5,6)(H,7,8);2*1H/b;;;;2-1+;;/t;;16-,17+,18?;;;;. The van der Waals surface area contributed by atoms with Crippen LogP contribution in [0, 0.1) is 29.2 Å². The molecule has 6 unspecified atom stereocenters. The summed E-state index contributed by atoms with van der Waals surface area (Å²) in [6, 6.07) is 56.1. The number of carboxylic acids is 2. The second-order valence-electron chi connectivity index (χ2n) is 31.5. The summed E-state index contributed by atoms with van der Waals surface area (Å²) < 4.78 is 79.9. The number of aliphatic carboxylic acids is 2. The van der Waals surface area contributed by atoms with Crippen molar-refractivity contribution in [2.75, 3.05) is 76.1 Å². The Bertz CT molecular complexity index is 4680.